The van der Waals surface area contributed by atoms with E-state index in [1.165, 1.54) is 12.1 Å². The number of rotatable bonds is 8. The summed E-state index contributed by atoms with van der Waals surface area (Å²) in [4.78, 5) is 13.0. The van der Waals surface area contributed by atoms with Crippen LogP contribution in [0.3, 0.4) is 0 Å². The fourth-order valence-electron chi connectivity index (χ4n) is 3.70. The summed E-state index contributed by atoms with van der Waals surface area (Å²) in [5, 5.41) is 7.40. The van der Waals surface area contributed by atoms with Gasteiger partial charge in [0.2, 0.25) is 10.0 Å². The number of aromatic nitrogens is 2. The predicted octanol–water partition coefficient (Wildman–Crippen LogP) is 4.15. The van der Waals surface area contributed by atoms with Crippen LogP contribution in [0.4, 0.5) is 0 Å². The fraction of sp³-hybridized carbons (Fsp3) is 0.154. The third kappa shape index (κ3) is 5.24. The fourth-order valence-corrected chi connectivity index (χ4v) is 4.76. The Morgan fingerprint density at radius 2 is 1.65 bits per heavy atom. The summed E-state index contributed by atoms with van der Waals surface area (Å²) in [5.41, 5.74) is 3.85. The van der Waals surface area contributed by atoms with Crippen molar-refractivity contribution in [3.05, 3.63) is 114 Å². The van der Waals surface area contributed by atoms with Gasteiger partial charge in [-0.2, -0.15) is 5.10 Å². The number of hydrogen-bond acceptors (Lipinski definition) is 4. The van der Waals surface area contributed by atoms with Crippen molar-refractivity contribution in [3.63, 3.8) is 0 Å². The maximum absolute atomic E-state index is 12.9. The minimum absolute atomic E-state index is 0.0387. The maximum atomic E-state index is 12.9. The molecule has 0 radical (unpaired) electrons. The molecule has 1 heterocycles. The summed E-state index contributed by atoms with van der Waals surface area (Å²) < 4.78 is 29.9. The van der Waals surface area contributed by atoms with Gasteiger partial charge in [0.25, 0.3) is 5.91 Å². The summed E-state index contributed by atoms with van der Waals surface area (Å²) in [6.45, 7) is 3.99. The van der Waals surface area contributed by atoms with Gasteiger partial charge in [-0.3, -0.25) is 4.79 Å². The molecule has 1 unspecified atom stereocenters. The average Bonchev–Trinajstić information content (AvgIpc) is 3.25. The Kier molecular flexibility index (Phi) is 6.90. The molecule has 7 nitrogen and oxygen atoms in total. The molecule has 4 rings (SSSR count). The van der Waals surface area contributed by atoms with E-state index < -0.39 is 10.0 Å². The Morgan fingerprint density at radius 3 is 2.35 bits per heavy atom. The van der Waals surface area contributed by atoms with Crippen LogP contribution >= 0.6 is 0 Å². The number of nitrogens with zero attached hydrogens (tertiary/aromatic N) is 2. The second kappa shape index (κ2) is 10.0. The van der Waals surface area contributed by atoms with E-state index in [0.29, 0.717) is 0 Å². The summed E-state index contributed by atoms with van der Waals surface area (Å²) in [7, 11) is -3.77. The SMILES string of the molecule is Cc1c(C(C)NC(=O)c2cccc(S(=O)(=O)NCc3ccccc3)c2)cnn1-c1ccccc1. The molecule has 1 atom stereocenters. The van der Waals surface area contributed by atoms with Gasteiger partial charge in [0, 0.05) is 23.4 Å². The van der Waals surface area contributed by atoms with E-state index in [2.05, 4.69) is 15.1 Å². The van der Waals surface area contributed by atoms with Crippen LogP contribution in [0.1, 0.15) is 40.1 Å². The standard InChI is InChI=1S/C26H26N4O3S/c1-19(25-18-27-30(20(25)2)23-13-7-4-8-14-23)29-26(31)22-12-9-15-24(16-22)34(32,33)28-17-21-10-5-3-6-11-21/h3-16,18-19,28H,17H2,1-2H3,(H,29,31). The molecule has 0 saturated carbocycles. The monoisotopic (exact) mass is 474 g/mol. The largest absolute Gasteiger partial charge is 0.345 e. The number of amides is 1. The van der Waals surface area contributed by atoms with Crippen molar-refractivity contribution in [1.82, 2.24) is 19.8 Å². The van der Waals surface area contributed by atoms with Crippen LogP contribution in [-0.2, 0) is 16.6 Å². The lowest BCUT2D eigenvalue weighted by atomic mass is 10.1. The number of hydrogen-bond donors (Lipinski definition) is 2. The zero-order valence-electron chi connectivity index (χ0n) is 19.0. The quantitative estimate of drug-likeness (QED) is 0.401. The highest BCUT2D eigenvalue weighted by Crippen LogP contribution is 2.21. The first-order chi connectivity index (χ1) is 16.3. The molecule has 0 saturated heterocycles. The lowest BCUT2D eigenvalue weighted by Gasteiger charge is -2.15. The van der Waals surface area contributed by atoms with Crippen molar-refractivity contribution < 1.29 is 13.2 Å². The van der Waals surface area contributed by atoms with Gasteiger partial charge >= 0.3 is 0 Å². The van der Waals surface area contributed by atoms with E-state index in [4.69, 9.17) is 0 Å². The molecule has 174 valence electrons. The van der Waals surface area contributed by atoms with E-state index >= 15 is 0 Å². The highest BCUT2D eigenvalue weighted by Gasteiger charge is 2.19. The molecular weight excluding hydrogens is 448 g/mol. The number of carbonyl (C=O) groups excluding carboxylic acids is 1. The summed E-state index contributed by atoms with van der Waals surface area (Å²) >= 11 is 0. The van der Waals surface area contributed by atoms with E-state index in [-0.39, 0.29) is 29.0 Å². The topological polar surface area (TPSA) is 93.1 Å². The van der Waals surface area contributed by atoms with Crippen LogP contribution in [0.15, 0.2) is 96.0 Å². The maximum Gasteiger partial charge on any atom is 0.251 e. The summed E-state index contributed by atoms with van der Waals surface area (Å²) in [5.74, 6) is -0.362. The van der Waals surface area contributed by atoms with Crippen LogP contribution in [0, 0.1) is 6.92 Å². The zero-order valence-corrected chi connectivity index (χ0v) is 19.8. The minimum atomic E-state index is -3.77. The van der Waals surface area contributed by atoms with E-state index in [1.807, 2.05) is 79.2 Å². The molecule has 0 fully saturated rings. The molecule has 8 heteroatoms. The van der Waals surface area contributed by atoms with Gasteiger partial charge < -0.3 is 5.32 Å². The van der Waals surface area contributed by atoms with Crippen LogP contribution in [-0.4, -0.2) is 24.1 Å². The molecule has 1 aromatic heterocycles. The van der Waals surface area contributed by atoms with Crippen molar-refractivity contribution in [2.45, 2.75) is 31.3 Å². The van der Waals surface area contributed by atoms with Crippen LogP contribution in [0.25, 0.3) is 5.69 Å². The number of benzene rings is 3. The minimum Gasteiger partial charge on any atom is -0.345 e. The van der Waals surface area contributed by atoms with Crippen molar-refractivity contribution in [1.29, 1.82) is 0 Å². The lowest BCUT2D eigenvalue weighted by Crippen LogP contribution is -2.28. The average molecular weight is 475 g/mol. The Hall–Kier alpha value is -3.75. The second-order valence-electron chi connectivity index (χ2n) is 7.97. The van der Waals surface area contributed by atoms with E-state index in [0.717, 1.165) is 22.5 Å². The molecule has 34 heavy (non-hydrogen) atoms. The molecule has 4 aromatic rings. The number of carbonyl (C=O) groups is 1. The van der Waals surface area contributed by atoms with E-state index in [1.54, 1.807) is 18.3 Å². The van der Waals surface area contributed by atoms with Gasteiger partial charge in [0.15, 0.2) is 0 Å². The molecule has 3 aromatic carbocycles. The molecule has 0 aliphatic carbocycles. The highest BCUT2D eigenvalue weighted by atomic mass is 32.2. The number of nitrogens with one attached hydrogen (secondary N) is 2. The lowest BCUT2D eigenvalue weighted by molar-refractivity contribution is 0.0939. The highest BCUT2D eigenvalue weighted by molar-refractivity contribution is 7.89. The summed E-state index contributed by atoms with van der Waals surface area (Å²) in [6, 6.07) is 24.7. The van der Waals surface area contributed by atoms with Crippen LogP contribution in [0.2, 0.25) is 0 Å². The van der Waals surface area contributed by atoms with Crippen molar-refractivity contribution in [2.75, 3.05) is 0 Å². The molecule has 0 spiro atoms. The van der Waals surface area contributed by atoms with Crippen molar-refractivity contribution in [3.8, 4) is 5.69 Å². The second-order valence-corrected chi connectivity index (χ2v) is 9.73. The van der Waals surface area contributed by atoms with Crippen molar-refractivity contribution in [2.24, 2.45) is 0 Å². The first-order valence-electron chi connectivity index (χ1n) is 10.9. The first-order valence-corrected chi connectivity index (χ1v) is 12.4. The Balaban J connectivity index is 1.47. The molecule has 0 aliphatic rings. The number of para-hydroxylation sites is 1. The normalized spacial score (nSPS) is 12.3. The number of sulfonamides is 1. The smallest absolute Gasteiger partial charge is 0.251 e. The van der Waals surface area contributed by atoms with Gasteiger partial charge in [-0.25, -0.2) is 17.8 Å². The molecule has 2 N–H and O–H groups in total. The molecular formula is C26H26N4O3S. The van der Waals surface area contributed by atoms with Crippen LogP contribution in [0.5, 0.6) is 0 Å². The van der Waals surface area contributed by atoms with Crippen LogP contribution < -0.4 is 10.0 Å². The zero-order chi connectivity index (χ0) is 24.1. The molecule has 0 aliphatic heterocycles. The van der Waals surface area contributed by atoms with Gasteiger partial charge in [-0.1, -0.05) is 54.6 Å². The first kappa shape index (κ1) is 23.4. The third-order valence-electron chi connectivity index (χ3n) is 5.58. The Bertz CT molecular complexity index is 1380. The molecule has 1 amide bonds. The third-order valence-corrected chi connectivity index (χ3v) is 6.98. The molecule has 0 bridgehead atoms. The summed E-state index contributed by atoms with van der Waals surface area (Å²) in [6.07, 6.45) is 1.74. The van der Waals surface area contributed by atoms with Gasteiger partial charge in [0.05, 0.1) is 22.8 Å². The van der Waals surface area contributed by atoms with Gasteiger partial charge in [0.1, 0.15) is 0 Å². The Morgan fingerprint density at radius 1 is 0.971 bits per heavy atom. The predicted molar refractivity (Wildman–Crippen MR) is 131 cm³/mol. The Labute approximate surface area is 199 Å². The van der Waals surface area contributed by atoms with Crippen molar-refractivity contribution >= 4 is 15.9 Å². The van der Waals surface area contributed by atoms with Gasteiger partial charge in [-0.15, -0.1) is 0 Å². The van der Waals surface area contributed by atoms with Gasteiger partial charge in [-0.05, 0) is 49.7 Å². The van der Waals surface area contributed by atoms with E-state index in [9.17, 15) is 13.2 Å².